The van der Waals surface area contributed by atoms with Crippen molar-refractivity contribution < 1.29 is 9.59 Å². The van der Waals surface area contributed by atoms with Crippen LogP contribution in [-0.4, -0.2) is 17.9 Å². The number of benzene rings is 1. The van der Waals surface area contributed by atoms with Gasteiger partial charge < -0.3 is 10.6 Å². The number of aryl methyl sites for hydroxylation is 1. The Balaban J connectivity index is 2.10. The zero-order valence-corrected chi connectivity index (χ0v) is 13.5. The van der Waals surface area contributed by atoms with E-state index in [2.05, 4.69) is 26.6 Å². The molecule has 0 bridgehead atoms. The maximum atomic E-state index is 12.4. The van der Waals surface area contributed by atoms with Gasteiger partial charge in [-0.2, -0.15) is 0 Å². The standard InChI is InChI=1S/C15H19BrN2O2/c1-9(2)17-13(19)15(6-7-15)14(20)18-12-5-4-11(16)8-10(12)3/h4-5,8-9H,6-7H2,1-3H3,(H,17,19)(H,18,20). The van der Waals surface area contributed by atoms with Crippen LogP contribution in [0.3, 0.4) is 0 Å². The van der Waals surface area contributed by atoms with Gasteiger partial charge in [-0.3, -0.25) is 9.59 Å². The molecule has 0 aliphatic heterocycles. The van der Waals surface area contributed by atoms with Crippen molar-refractivity contribution in [3.8, 4) is 0 Å². The van der Waals surface area contributed by atoms with Gasteiger partial charge in [-0.25, -0.2) is 0 Å². The number of anilines is 1. The lowest BCUT2D eigenvalue weighted by Crippen LogP contribution is -2.42. The molecule has 1 saturated carbocycles. The van der Waals surface area contributed by atoms with Crippen molar-refractivity contribution in [2.75, 3.05) is 5.32 Å². The average molecular weight is 339 g/mol. The summed E-state index contributed by atoms with van der Waals surface area (Å²) in [6.07, 6.45) is 1.24. The van der Waals surface area contributed by atoms with Crippen LogP contribution in [-0.2, 0) is 9.59 Å². The molecule has 1 aromatic carbocycles. The third kappa shape index (κ3) is 3.03. The molecule has 2 N–H and O–H groups in total. The number of hydrogen-bond acceptors (Lipinski definition) is 2. The van der Waals surface area contributed by atoms with Crippen molar-refractivity contribution in [1.82, 2.24) is 5.32 Å². The van der Waals surface area contributed by atoms with E-state index in [4.69, 9.17) is 0 Å². The molecule has 0 spiro atoms. The van der Waals surface area contributed by atoms with Crippen LogP contribution in [0.4, 0.5) is 5.69 Å². The van der Waals surface area contributed by atoms with Crippen molar-refractivity contribution >= 4 is 33.4 Å². The van der Waals surface area contributed by atoms with Crippen molar-refractivity contribution in [1.29, 1.82) is 0 Å². The second kappa shape index (κ2) is 5.56. The number of nitrogens with one attached hydrogen (secondary N) is 2. The molecule has 20 heavy (non-hydrogen) atoms. The summed E-state index contributed by atoms with van der Waals surface area (Å²) in [4.78, 5) is 24.5. The largest absolute Gasteiger partial charge is 0.353 e. The zero-order valence-electron chi connectivity index (χ0n) is 11.9. The molecule has 1 fully saturated rings. The molecule has 1 aliphatic rings. The predicted octanol–water partition coefficient (Wildman–Crippen LogP) is 3.00. The summed E-state index contributed by atoms with van der Waals surface area (Å²) in [6, 6.07) is 5.69. The third-order valence-corrected chi connectivity index (χ3v) is 3.97. The van der Waals surface area contributed by atoms with Gasteiger partial charge in [0.05, 0.1) is 0 Å². The quantitative estimate of drug-likeness (QED) is 0.829. The van der Waals surface area contributed by atoms with Gasteiger partial charge in [0.1, 0.15) is 5.41 Å². The first-order chi connectivity index (χ1) is 9.35. The van der Waals surface area contributed by atoms with Gasteiger partial charge in [-0.1, -0.05) is 15.9 Å². The minimum Gasteiger partial charge on any atom is -0.353 e. The van der Waals surface area contributed by atoms with Gasteiger partial charge in [0.25, 0.3) is 0 Å². The minimum absolute atomic E-state index is 0.0437. The molecule has 2 rings (SSSR count). The van der Waals surface area contributed by atoms with E-state index in [1.54, 1.807) is 0 Å². The maximum Gasteiger partial charge on any atom is 0.240 e. The van der Waals surface area contributed by atoms with E-state index in [-0.39, 0.29) is 17.9 Å². The van der Waals surface area contributed by atoms with Crippen LogP contribution >= 0.6 is 15.9 Å². The van der Waals surface area contributed by atoms with E-state index in [0.717, 1.165) is 15.7 Å². The Morgan fingerprint density at radius 1 is 1.25 bits per heavy atom. The van der Waals surface area contributed by atoms with Gasteiger partial charge >= 0.3 is 0 Å². The number of rotatable bonds is 4. The van der Waals surface area contributed by atoms with Crippen LogP contribution in [0.15, 0.2) is 22.7 Å². The first kappa shape index (κ1) is 15.0. The smallest absolute Gasteiger partial charge is 0.240 e. The summed E-state index contributed by atoms with van der Waals surface area (Å²) in [5, 5.41) is 5.70. The fraction of sp³-hybridized carbons (Fsp3) is 0.467. The molecule has 0 heterocycles. The van der Waals surface area contributed by atoms with Crippen LogP contribution in [0.2, 0.25) is 0 Å². The number of hydrogen-bond donors (Lipinski definition) is 2. The SMILES string of the molecule is Cc1cc(Br)ccc1NC(=O)C1(C(=O)NC(C)C)CC1. The summed E-state index contributed by atoms with van der Waals surface area (Å²) in [6.45, 7) is 5.71. The lowest BCUT2D eigenvalue weighted by molar-refractivity contribution is -0.134. The summed E-state index contributed by atoms with van der Waals surface area (Å²) < 4.78 is 0.965. The highest BCUT2D eigenvalue weighted by Crippen LogP contribution is 2.47. The first-order valence-electron chi connectivity index (χ1n) is 6.74. The lowest BCUT2D eigenvalue weighted by Gasteiger charge is -2.18. The molecule has 1 aliphatic carbocycles. The molecule has 1 aromatic rings. The molecule has 5 heteroatoms. The van der Waals surface area contributed by atoms with E-state index in [9.17, 15) is 9.59 Å². The van der Waals surface area contributed by atoms with Gasteiger partial charge in [0.15, 0.2) is 0 Å². The topological polar surface area (TPSA) is 58.2 Å². The Hall–Kier alpha value is -1.36. The third-order valence-electron chi connectivity index (χ3n) is 3.48. The van der Waals surface area contributed by atoms with Gasteiger partial charge in [0.2, 0.25) is 11.8 Å². The Morgan fingerprint density at radius 2 is 1.90 bits per heavy atom. The molecule has 2 amide bonds. The van der Waals surface area contributed by atoms with Crippen molar-refractivity contribution in [3.63, 3.8) is 0 Å². The van der Waals surface area contributed by atoms with Gasteiger partial charge in [-0.15, -0.1) is 0 Å². The normalized spacial score (nSPS) is 15.8. The van der Waals surface area contributed by atoms with E-state index in [1.807, 2.05) is 39.0 Å². The molecular formula is C15H19BrN2O2. The molecule has 0 unspecified atom stereocenters. The Labute approximate surface area is 127 Å². The molecule has 0 saturated heterocycles. The van der Waals surface area contributed by atoms with E-state index < -0.39 is 5.41 Å². The Bertz CT molecular complexity index is 551. The lowest BCUT2D eigenvalue weighted by atomic mass is 10.0. The number of amides is 2. The highest BCUT2D eigenvalue weighted by Gasteiger charge is 2.56. The summed E-state index contributed by atoms with van der Waals surface area (Å²) in [5.41, 5.74) is 0.846. The highest BCUT2D eigenvalue weighted by atomic mass is 79.9. The minimum atomic E-state index is -0.871. The number of halogens is 1. The molecule has 0 aromatic heterocycles. The predicted molar refractivity (Wildman–Crippen MR) is 82.5 cm³/mol. The van der Waals surface area contributed by atoms with Crippen LogP contribution < -0.4 is 10.6 Å². The van der Waals surface area contributed by atoms with E-state index in [1.165, 1.54) is 0 Å². The second-order valence-corrected chi connectivity index (χ2v) is 6.54. The molecular weight excluding hydrogens is 320 g/mol. The van der Waals surface area contributed by atoms with E-state index in [0.29, 0.717) is 12.8 Å². The summed E-state index contributed by atoms with van der Waals surface area (Å²) in [5.74, 6) is -0.374. The van der Waals surface area contributed by atoms with Crippen LogP contribution in [0.1, 0.15) is 32.3 Å². The summed E-state index contributed by atoms with van der Waals surface area (Å²) >= 11 is 3.39. The molecule has 4 nitrogen and oxygen atoms in total. The Kier molecular flexibility index (Phi) is 4.18. The fourth-order valence-electron chi connectivity index (χ4n) is 2.09. The molecule has 0 radical (unpaired) electrons. The fourth-order valence-corrected chi connectivity index (χ4v) is 2.57. The van der Waals surface area contributed by atoms with Crippen molar-refractivity contribution in [3.05, 3.63) is 28.2 Å². The van der Waals surface area contributed by atoms with Crippen molar-refractivity contribution in [2.24, 2.45) is 5.41 Å². The van der Waals surface area contributed by atoms with Crippen LogP contribution in [0.5, 0.6) is 0 Å². The number of carbonyl (C=O) groups is 2. The average Bonchev–Trinajstić information content (AvgIpc) is 3.13. The van der Waals surface area contributed by atoms with Gasteiger partial charge in [-0.05, 0) is 57.4 Å². The van der Waals surface area contributed by atoms with Crippen LogP contribution in [0, 0.1) is 12.3 Å². The van der Waals surface area contributed by atoms with E-state index >= 15 is 0 Å². The molecule has 0 atom stereocenters. The van der Waals surface area contributed by atoms with Gasteiger partial charge in [0, 0.05) is 16.2 Å². The zero-order chi connectivity index (χ0) is 14.9. The Morgan fingerprint density at radius 3 is 2.40 bits per heavy atom. The highest BCUT2D eigenvalue weighted by molar-refractivity contribution is 9.10. The monoisotopic (exact) mass is 338 g/mol. The molecule has 108 valence electrons. The second-order valence-electron chi connectivity index (χ2n) is 5.62. The van der Waals surface area contributed by atoms with Crippen LogP contribution in [0.25, 0.3) is 0 Å². The first-order valence-corrected chi connectivity index (χ1v) is 7.53. The summed E-state index contributed by atoms with van der Waals surface area (Å²) in [7, 11) is 0. The number of carbonyl (C=O) groups excluding carboxylic acids is 2. The maximum absolute atomic E-state index is 12.4. The van der Waals surface area contributed by atoms with Crippen molar-refractivity contribution in [2.45, 2.75) is 39.7 Å².